The molecular weight excluding hydrogens is 282 g/mol. The highest BCUT2D eigenvalue weighted by atomic mass is 16.1. The van der Waals surface area contributed by atoms with Gasteiger partial charge in [-0.3, -0.25) is 19.6 Å². The first-order chi connectivity index (χ1) is 10.8. The van der Waals surface area contributed by atoms with E-state index in [0.29, 0.717) is 0 Å². The minimum Gasteiger partial charge on any atom is -0.285 e. The van der Waals surface area contributed by atoms with Crippen molar-refractivity contribution in [2.24, 2.45) is 0 Å². The summed E-state index contributed by atoms with van der Waals surface area (Å²) in [7, 11) is 0. The van der Waals surface area contributed by atoms with Crippen molar-refractivity contribution < 1.29 is 9.59 Å². The van der Waals surface area contributed by atoms with E-state index < -0.39 is 11.6 Å². The van der Waals surface area contributed by atoms with Crippen LogP contribution < -0.4 is 0 Å². The Labute approximate surface area is 125 Å². The van der Waals surface area contributed by atoms with Crippen molar-refractivity contribution in [1.29, 1.82) is 0 Å². The van der Waals surface area contributed by atoms with Crippen LogP contribution >= 0.6 is 0 Å². The van der Waals surface area contributed by atoms with Crippen LogP contribution in [0, 0.1) is 0 Å². The minimum absolute atomic E-state index is 0.121. The predicted molar refractivity (Wildman–Crippen MR) is 75.2 cm³/mol. The molecule has 0 atom stereocenters. The second-order valence-electron chi connectivity index (χ2n) is 4.25. The lowest BCUT2D eigenvalue weighted by atomic mass is 10.1. The largest absolute Gasteiger partial charge is 0.285 e. The molecule has 0 aliphatic carbocycles. The van der Waals surface area contributed by atoms with Crippen molar-refractivity contribution in [3.05, 3.63) is 78.2 Å². The molecule has 0 aromatic carbocycles. The van der Waals surface area contributed by atoms with E-state index in [1.54, 1.807) is 6.07 Å². The van der Waals surface area contributed by atoms with Gasteiger partial charge >= 0.3 is 0 Å². The number of hydrogen-bond acceptors (Lipinski definition) is 7. The van der Waals surface area contributed by atoms with Crippen molar-refractivity contribution in [1.82, 2.24) is 24.9 Å². The van der Waals surface area contributed by atoms with Gasteiger partial charge in [0.15, 0.2) is 0 Å². The van der Waals surface area contributed by atoms with Gasteiger partial charge in [-0.25, -0.2) is 15.0 Å². The SMILES string of the molecule is O=C(c1cnccn1)c1cccc(C(=O)c2cnccn2)n1. The topological polar surface area (TPSA) is 98.6 Å². The summed E-state index contributed by atoms with van der Waals surface area (Å²) in [6.45, 7) is 0. The van der Waals surface area contributed by atoms with Crippen LogP contribution in [0.3, 0.4) is 0 Å². The molecule has 0 unspecified atom stereocenters. The summed E-state index contributed by atoms with van der Waals surface area (Å²) in [6.07, 6.45) is 8.47. The normalized spacial score (nSPS) is 10.2. The van der Waals surface area contributed by atoms with Gasteiger partial charge in [-0.15, -0.1) is 0 Å². The van der Waals surface area contributed by atoms with Crippen LogP contribution in [0.25, 0.3) is 0 Å². The number of rotatable bonds is 4. The fraction of sp³-hybridized carbons (Fsp3) is 0. The Hall–Kier alpha value is -3.35. The van der Waals surface area contributed by atoms with Crippen molar-refractivity contribution in [3.63, 3.8) is 0 Å². The molecule has 7 nitrogen and oxygen atoms in total. The van der Waals surface area contributed by atoms with Gasteiger partial charge < -0.3 is 0 Å². The maximum absolute atomic E-state index is 12.3. The van der Waals surface area contributed by atoms with Gasteiger partial charge in [0.05, 0.1) is 12.4 Å². The third-order valence-corrected chi connectivity index (χ3v) is 2.81. The molecule has 0 spiro atoms. The van der Waals surface area contributed by atoms with Crippen LogP contribution in [0.4, 0.5) is 0 Å². The average molecular weight is 291 g/mol. The molecule has 3 aromatic heterocycles. The van der Waals surface area contributed by atoms with Crippen LogP contribution in [0.1, 0.15) is 32.4 Å². The van der Waals surface area contributed by atoms with E-state index in [-0.39, 0.29) is 22.8 Å². The molecule has 7 heteroatoms. The van der Waals surface area contributed by atoms with Gasteiger partial charge in [0.2, 0.25) is 11.6 Å². The maximum atomic E-state index is 12.3. The van der Waals surface area contributed by atoms with Crippen molar-refractivity contribution >= 4 is 11.6 Å². The lowest BCUT2D eigenvalue weighted by molar-refractivity contribution is 0.102. The van der Waals surface area contributed by atoms with E-state index in [4.69, 9.17) is 0 Å². The molecule has 0 saturated heterocycles. The first-order valence-electron chi connectivity index (χ1n) is 6.34. The number of pyridine rings is 1. The van der Waals surface area contributed by atoms with Gasteiger partial charge in [-0.2, -0.15) is 0 Å². The molecule has 0 saturated carbocycles. The lowest BCUT2D eigenvalue weighted by Crippen LogP contribution is -2.12. The number of carbonyl (C=O) groups excluding carboxylic acids is 2. The standard InChI is InChI=1S/C15H9N5O2/c21-14(12-8-16-4-6-18-12)10-2-1-3-11(20-10)15(22)13-9-17-5-7-19-13/h1-9H. The molecule has 3 rings (SSSR count). The van der Waals surface area contributed by atoms with E-state index >= 15 is 0 Å². The van der Waals surface area contributed by atoms with Crippen LogP contribution in [0.5, 0.6) is 0 Å². The molecule has 0 amide bonds. The third-order valence-electron chi connectivity index (χ3n) is 2.81. The Balaban J connectivity index is 1.94. The van der Waals surface area contributed by atoms with Crippen LogP contribution in [0.2, 0.25) is 0 Å². The summed E-state index contributed by atoms with van der Waals surface area (Å²) in [5.41, 5.74) is 0.573. The van der Waals surface area contributed by atoms with Crippen LogP contribution in [-0.4, -0.2) is 36.5 Å². The predicted octanol–water partition coefficient (Wildman–Crippen LogP) is 1.12. The summed E-state index contributed by atoms with van der Waals surface area (Å²) >= 11 is 0. The monoisotopic (exact) mass is 291 g/mol. The summed E-state index contributed by atoms with van der Waals surface area (Å²) in [4.78, 5) is 44.1. The molecule has 3 aromatic rings. The van der Waals surface area contributed by atoms with E-state index in [0.717, 1.165) is 0 Å². The number of nitrogens with zero attached hydrogens (tertiary/aromatic N) is 5. The van der Waals surface area contributed by atoms with E-state index in [9.17, 15) is 9.59 Å². The van der Waals surface area contributed by atoms with Gasteiger partial charge in [-0.05, 0) is 12.1 Å². The Morgan fingerprint density at radius 1 is 0.682 bits per heavy atom. The lowest BCUT2D eigenvalue weighted by Gasteiger charge is -2.02. The molecule has 0 N–H and O–H groups in total. The van der Waals surface area contributed by atoms with Crippen LogP contribution in [-0.2, 0) is 0 Å². The number of carbonyl (C=O) groups is 2. The highest BCUT2D eigenvalue weighted by molar-refractivity contribution is 6.09. The summed E-state index contributed by atoms with van der Waals surface area (Å²) in [5, 5.41) is 0. The Morgan fingerprint density at radius 2 is 1.18 bits per heavy atom. The summed E-state index contributed by atoms with van der Waals surface area (Å²) < 4.78 is 0. The number of ketones is 2. The molecule has 0 bridgehead atoms. The van der Waals surface area contributed by atoms with E-state index in [1.165, 1.54) is 49.3 Å². The molecule has 0 radical (unpaired) electrons. The zero-order valence-electron chi connectivity index (χ0n) is 11.2. The Morgan fingerprint density at radius 3 is 1.59 bits per heavy atom. The number of aromatic nitrogens is 5. The Bertz CT molecular complexity index is 755. The molecular formula is C15H9N5O2. The highest BCUT2D eigenvalue weighted by Gasteiger charge is 2.17. The van der Waals surface area contributed by atoms with Crippen LogP contribution in [0.15, 0.2) is 55.4 Å². The van der Waals surface area contributed by atoms with Crippen molar-refractivity contribution in [2.75, 3.05) is 0 Å². The first-order valence-corrected chi connectivity index (χ1v) is 6.34. The maximum Gasteiger partial charge on any atom is 0.231 e. The first kappa shape index (κ1) is 13.6. The van der Waals surface area contributed by atoms with E-state index in [2.05, 4.69) is 24.9 Å². The smallest absolute Gasteiger partial charge is 0.231 e. The average Bonchev–Trinajstić information content (AvgIpc) is 2.62. The molecule has 3 heterocycles. The van der Waals surface area contributed by atoms with Gasteiger partial charge in [0.25, 0.3) is 0 Å². The van der Waals surface area contributed by atoms with Gasteiger partial charge in [-0.1, -0.05) is 6.07 Å². The number of hydrogen-bond donors (Lipinski definition) is 0. The third kappa shape index (κ3) is 2.73. The summed E-state index contributed by atoms with van der Waals surface area (Å²) in [5.74, 6) is -0.802. The van der Waals surface area contributed by atoms with Crippen molar-refractivity contribution in [3.8, 4) is 0 Å². The molecule has 106 valence electrons. The highest BCUT2D eigenvalue weighted by Crippen LogP contribution is 2.08. The summed E-state index contributed by atoms with van der Waals surface area (Å²) in [6, 6.07) is 4.62. The zero-order valence-corrected chi connectivity index (χ0v) is 11.2. The second-order valence-corrected chi connectivity index (χ2v) is 4.25. The van der Waals surface area contributed by atoms with Crippen molar-refractivity contribution in [2.45, 2.75) is 0 Å². The van der Waals surface area contributed by atoms with E-state index in [1.807, 2.05) is 0 Å². The molecule has 22 heavy (non-hydrogen) atoms. The fourth-order valence-corrected chi connectivity index (χ4v) is 1.78. The van der Waals surface area contributed by atoms with Gasteiger partial charge in [0, 0.05) is 24.8 Å². The van der Waals surface area contributed by atoms with Gasteiger partial charge in [0.1, 0.15) is 22.8 Å². The molecule has 0 fully saturated rings. The molecule has 0 aliphatic heterocycles. The minimum atomic E-state index is -0.401. The zero-order chi connectivity index (χ0) is 15.4. The Kier molecular flexibility index (Phi) is 3.69. The molecule has 0 aliphatic rings. The fourth-order valence-electron chi connectivity index (χ4n) is 1.78. The second kappa shape index (κ2) is 5.96. The quantitative estimate of drug-likeness (QED) is 0.664.